The van der Waals surface area contributed by atoms with Gasteiger partial charge in [0.15, 0.2) is 5.11 Å². The summed E-state index contributed by atoms with van der Waals surface area (Å²) in [7, 11) is 0. The average Bonchev–Trinajstić information content (AvgIpc) is 3.31. The molecule has 32 heavy (non-hydrogen) atoms. The molecule has 7 heteroatoms. The van der Waals surface area contributed by atoms with Gasteiger partial charge >= 0.3 is 0 Å². The third-order valence-electron chi connectivity index (χ3n) is 6.03. The highest BCUT2D eigenvalue weighted by atomic mass is 32.1. The number of anilines is 1. The number of aromatic nitrogens is 1. The average molecular weight is 445 g/mol. The second kappa shape index (κ2) is 8.59. The standard InChI is InChI=1S/C25H24N4O2S/c30-23(27-13-7-2-8-14-27)17-28-16-18(20-11-5-6-12-22(20)28)15-21-24(31)29(25(32)26-21)19-9-3-1-4-10-19/h1,3-6,9-12,15-16H,2,7-8,13-14,17H2,(H,26,32). The number of hydrogen-bond donors (Lipinski definition) is 1. The molecule has 0 aliphatic carbocycles. The molecule has 1 aromatic heterocycles. The Bertz CT molecular complexity index is 1230. The van der Waals surface area contributed by atoms with Crippen molar-refractivity contribution in [2.24, 2.45) is 0 Å². The van der Waals surface area contributed by atoms with E-state index in [0.29, 0.717) is 17.4 Å². The van der Waals surface area contributed by atoms with E-state index in [1.165, 1.54) is 11.3 Å². The summed E-state index contributed by atoms with van der Waals surface area (Å²) in [6.45, 7) is 1.96. The van der Waals surface area contributed by atoms with Gasteiger partial charge in [0.1, 0.15) is 12.2 Å². The number of fused-ring (bicyclic) bond motifs is 1. The van der Waals surface area contributed by atoms with E-state index in [-0.39, 0.29) is 11.8 Å². The van der Waals surface area contributed by atoms with Crippen LogP contribution in [0.4, 0.5) is 5.69 Å². The van der Waals surface area contributed by atoms with Crippen LogP contribution in [0, 0.1) is 0 Å². The van der Waals surface area contributed by atoms with Crippen LogP contribution in [0.3, 0.4) is 0 Å². The molecule has 2 aliphatic heterocycles. The third kappa shape index (κ3) is 3.80. The Balaban J connectivity index is 1.46. The van der Waals surface area contributed by atoms with Crippen molar-refractivity contribution in [3.05, 3.63) is 72.1 Å². The predicted octanol–water partition coefficient (Wildman–Crippen LogP) is 3.92. The highest BCUT2D eigenvalue weighted by Gasteiger charge is 2.32. The summed E-state index contributed by atoms with van der Waals surface area (Å²) in [6, 6.07) is 17.3. The molecule has 2 aromatic carbocycles. The predicted molar refractivity (Wildman–Crippen MR) is 130 cm³/mol. The van der Waals surface area contributed by atoms with Gasteiger partial charge in [0.2, 0.25) is 5.91 Å². The number of benzene rings is 2. The minimum atomic E-state index is -0.192. The summed E-state index contributed by atoms with van der Waals surface area (Å²) in [6.07, 6.45) is 7.10. The number of rotatable bonds is 4. The topological polar surface area (TPSA) is 57.6 Å². The van der Waals surface area contributed by atoms with Gasteiger partial charge in [-0.2, -0.15) is 0 Å². The lowest BCUT2D eigenvalue weighted by Gasteiger charge is -2.27. The van der Waals surface area contributed by atoms with Gasteiger partial charge in [-0.3, -0.25) is 14.5 Å². The van der Waals surface area contributed by atoms with E-state index >= 15 is 0 Å². The molecular weight excluding hydrogens is 420 g/mol. The number of carbonyl (C=O) groups excluding carboxylic acids is 2. The molecule has 0 bridgehead atoms. The number of amides is 2. The molecule has 0 spiro atoms. The number of piperidine rings is 1. The normalized spacial score (nSPS) is 17.9. The van der Waals surface area contributed by atoms with Crippen molar-refractivity contribution in [1.82, 2.24) is 14.8 Å². The lowest BCUT2D eigenvalue weighted by Crippen LogP contribution is -2.37. The number of hydrogen-bond acceptors (Lipinski definition) is 3. The van der Waals surface area contributed by atoms with E-state index in [2.05, 4.69) is 5.32 Å². The van der Waals surface area contributed by atoms with Crippen molar-refractivity contribution in [3.63, 3.8) is 0 Å². The zero-order chi connectivity index (χ0) is 22.1. The molecule has 3 aromatic rings. The first-order valence-corrected chi connectivity index (χ1v) is 11.3. The molecule has 5 rings (SSSR count). The first kappa shape index (κ1) is 20.5. The molecule has 2 fully saturated rings. The highest BCUT2D eigenvalue weighted by Crippen LogP contribution is 2.27. The molecule has 2 saturated heterocycles. The summed E-state index contributed by atoms with van der Waals surface area (Å²) < 4.78 is 1.98. The molecule has 2 aliphatic rings. The summed E-state index contributed by atoms with van der Waals surface area (Å²) >= 11 is 5.42. The molecule has 3 heterocycles. The summed E-state index contributed by atoms with van der Waals surface area (Å²) in [5.41, 5.74) is 3.00. The van der Waals surface area contributed by atoms with Gasteiger partial charge in [0.25, 0.3) is 5.91 Å². The van der Waals surface area contributed by atoms with Gasteiger partial charge in [0.05, 0.1) is 5.69 Å². The van der Waals surface area contributed by atoms with Crippen LogP contribution >= 0.6 is 12.2 Å². The van der Waals surface area contributed by atoms with Crippen molar-refractivity contribution >= 4 is 51.8 Å². The van der Waals surface area contributed by atoms with Gasteiger partial charge < -0.3 is 14.8 Å². The minimum absolute atomic E-state index is 0.135. The van der Waals surface area contributed by atoms with Gasteiger partial charge in [-0.05, 0) is 55.8 Å². The van der Waals surface area contributed by atoms with Gasteiger partial charge in [-0.1, -0.05) is 36.4 Å². The van der Waals surface area contributed by atoms with E-state index in [4.69, 9.17) is 12.2 Å². The number of thiocarbonyl (C=S) groups is 1. The van der Waals surface area contributed by atoms with Crippen LogP contribution in [0.15, 0.2) is 66.5 Å². The Morgan fingerprint density at radius 3 is 2.50 bits per heavy atom. The highest BCUT2D eigenvalue weighted by molar-refractivity contribution is 7.80. The molecule has 0 unspecified atom stereocenters. The lowest BCUT2D eigenvalue weighted by atomic mass is 10.1. The van der Waals surface area contributed by atoms with Gasteiger partial charge in [-0.15, -0.1) is 0 Å². The van der Waals surface area contributed by atoms with E-state index in [9.17, 15) is 9.59 Å². The maximum atomic E-state index is 13.1. The van der Waals surface area contributed by atoms with Crippen LogP contribution in [-0.4, -0.2) is 39.5 Å². The molecule has 2 amide bonds. The molecule has 0 atom stereocenters. The first-order chi connectivity index (χ1) is 15.6. The number of carbonyl (C=O) groups is 2. The number of para-hydroxylation sites is 2. The van der Waals surface area contributed by atoms with Crippen molar-refractivity contribution in [2.75, 3.05) is 18.0 Å². The molecular formula is C25H24N4O2S. The second-order valence-electron chi connectivity index (χ2n) is 8.14. The van der Waals surface area contributed by atoms with Crippen molar-refractivity contribution in [2.45, 2.75) is 25.8 Å². The van der Waals surface area contributed by atoms with Crippen molar-refractivity contribution < 1.29 is 9.59 Å². The van der Waals surface area contributed by atoms with E-state index < -0.39 is 0 Å². The molecule has 0 saturated carbocycles. The summed E-state index contributed by atoms with van der Waals surface area (Å²) in [5, 5.41) is 4.40. The molecule has 1 N–H and O–H groups in total. The van der Waals surface area contributed by atoms with Crippen LogP contribution in [0.5, 0.6) is 0 Å². The summed E-state index contributed by atoms with van der Waals surface area (Å²) in [4.78, 5) is 29.4. The Kier molecular flexibility index (Phi) is 5.49. The Morgan fingerprint density at radius 1 is 1.00 bits per heavy atom. The molecule has 0 radical (unpaired) electrons. The van der Waals surface area contributed by atoms with E-state index in [1.807, 2.05) is 76.3 Å². The monoisotopic (exact) mass is 444 g/mol. The Labute approximate surface area is 192 Å². The van der Waals surface area contributed by atoms with Crippen LogP contribution < -0.4 is 10.2 Å². The third-order valence-corrected chi connectivity index (χ3v) is 6.31. The van der Waals surface area contributed by atoms with E-state index in [1.54, 1.807) is 0 Å². The van der Waals surface area contributed by atoms with Crippen LogP contribution in [0.25, 0.3) is 17.0 Å². The van der Waals surface area contributed by atoms with Crippen LogP contribution in [-0.2, 0) is 16.1 Å². The number of nitrogens with zero attached hydrogens (tertiary/aromatic N) is 3. The van der Waals surface area contributed by atoms with Crippen LogP contribution in [0.1, 0.15) is 24.8 Å². The van der Waals surface area contributed by atoms with Crippen molar-refractivity contribution in [1.29, 1.82) is 0 Å². The fourth-order valence-corrected chi connectivity index (χ4v) is 4.71. The van der Waals surface area contributed by atoms with Crippen molar-refractivity contribution in [3.8, 4) is 0 Å². The lowest BCUT2D eigenvalue weighted by molar-refractivity contribution is -0.132. The maximum absolute atomic E-state index is 13.1. The zero-order valence-electron chi connectivity index (χ0n) is 17.7. The Morgan fingerprint density at radius 2 is 1.72 bits per heavy atom. The molecule has 6 nitrogen and oxygen atoms in total. The fourth-order valence-electron chi connectivity index (χ4n) is 4.41. The zero-order valence-corrected chi connectivity index (χ0v) is 18.5. The second-order valence-corrected chi connectivity index (χ2v) is 8.52. The van der Waals surface area contributed by atoms with Gasteiger partial charge in [-0.25, -0.2) is 0 Å². The SMILES string of the molecule is O=C(Cn1cc(C=C2NC(=S)N(c3ccccc3)C2=O)c2ccccc21)N1CCCCC1. The largest absolute Gasteiger partial charge is 0.341 e. The minimum Gasteiger partial charge on any atom is -0.341 e. The Hall–Kier alpha value is -3.45. The number of nitrogens with one attached hydrogen (secondary N) is 1. The van der Waals surface area contributed by atoms with Gasteiger partial charge in [0, 0.05) is 35.8 Å². The van der Waals surface area contributed by atoms with Crippen LogP contribution in [0.2, 0.25) is 0 Å². The van der Waals surface area contributed by atoms with E-state index in [0.717, 1.165) is 48.1 Å². The molecule has 162 valence electrons. The smallest absolute Gasteiger partial charge is 0.281 e. The first-order valence-electron chi connectivity index (χ1n) is 10.9. The summed E-state index contributed by atoms with van der Waals surface area (Å²) in [5.74, 6) is -0.0569. The number of likely N-dealkylation sites (tertiary alicyclic amines) is 1. The maximum Gasteiger partial charge on any atom is 0.281 e. The fraction of sp³-hybridized carbons (Fsp3) is 0.240. The quantitative estimate of drug-likeness (QED) is 0.490.